The molecule has 228 valence electrons. The third-order valence-electron chi connectivity index (χ3n) is 7.20. The fourth-order valence-electron chi connectivity index (χ4n) is 5.16. The molecule has 5 rings (SSSR count). The molecule has 1 N–H and O–H groups in total. The van der Waals surface area contributed by atoms with Gasteiger partial charge in [-0.3, -0.25) is 4.79 Å². The number of anilines is 2. The van der Waals surface area contributed by atoms with Crippen molar-refractivity contribution >= 4 is 17.3 Å². The number of amides is 1. The number of nitrogens with zero attached hydrogens (tertiary/aromatic N) is 2. The maximum atomic E-state index is 14.4. The molecule has 0 spiro atoms. The summed E-state index contributed by atoms with van der Waals surface area (Å²) in [5.41, 5.74) is 6.35. The second-order valence-electron chi connectivity index (χ2n) is 9.70. The van der Waals surface area contributed by atoms with Crippen LogP contribution in [0.4, 0.5) is 11.4 Å². The van der Waals surface area contributed by atoms with E-state index in [-0.39, 0.29) is 5.91 Å². The van der Waals surface area contributed by atoms with Gasteiger partial charge in [0, 0.05) is 43.1 Å². The zero-order valence-corrected chi connectivity index (χ0v) is 26.8. The number of carbonyl (C=O) groups excluding carboxylic acids is 1. The average Bonchev–Trinajstić information content (AvgIpc) is 3.09. The summed E-state index contributed by atoms with van der Waals surface area (Å²) in [6, 6.07) is 30.1. The highest BCUT2D eigenvalue weighted by atomic mass is 16.5. The molecule has 0 aromatic heterocycles. The lowest BCUT2D eigenvalue weighted by Gasteiger charge is -2.30. The second kappa shape index (κ2) is 17.0. The van der Waals surface area contributed by atoms with Gasteiger partial charge in [0.05, 0.1) is 26.3 Å². The maximum absolute atomic E-state index is 14.4. The Hall–Kier alpha value is -4.29. The van der Waals surface area contributed by atoms with E-state index in [1.807, 2.05) is 118 Å². The van der Waals surface area contributed by atoms with Gasteiger partial charge in [0.25, 0.3) is 5.91 Å². The summed E-state index contributed by atoms with van der Waals surface area (Å²) >= 11 is 0. The molecule has 0 aliphatic carbocycles. The highest BCUT2D eigenvalue weighted by molar-refractivity contribution is 6.10. The van der Waals surface area contributed by atoms with Crippen LogP contribution in [0.1, 0.15) is 49.2 Å². The monoisotopic (exact) mass is 581 g/mol. The van der Waals surface area contributed by atoms with E-state index in [2.05, 4.69) is 22.3 Å². The first-order valence-electron chi connectivity index (χ1n) is 15.3. The van der Waals surface area contributed by atoms with Gasteiger partial charge in [-0.25, -0.2) is 0 Å². The molecule has 0 radical (unpaired) electrons. The summed E-state index contributed by atoms with van der Waals surface area (Å²) in [6.45, 7) is 14.2. The maximum Gasteiger partial charge on any atom is 0.259 e. The van der Waals surface area contributed by atoms with E-state index < -0.39 is 0 Å². The van der Waals surface area contributed by atoms with Crippen LogP contribution < -0.4 is 24.6 Å². The van der Waals surface area contributed by atoms with Crippen molar-refractivity contribution in [2.75, 3.05) is 50.2 Å². The van der Waals surface area contributed by atoms with Gasteiger partial charge in [0.1, 0.15) is 11.5 Å². The van der Waals surface area contributed by atoms with E-state index >= 15 is 0 Å². The minimum atomic E-state index is -0.0888. The van der Waals surface area contributed by atoms with Gasteiger partial charge in [-0.05, 0) is 66.1 Å². The van der Waals surface area contributed by atoms with E-state index in [4.69, 9.17) is 9.47 Å². The summed E-state index contributed by atoms with van der Waals surface area (Å²) in [6.07, 6.45) is 0. The summed E-state index contributed by atoms with van der Waals surface area (Å²) < 4.78 is 11.5. The largest absolute Gasteiger partial charge is 0.496 e. The van der Waals surface area contributed by atoms with Crippen molar-refractivity contribution in [3.05, 3.63) is 108 Å². The fourth-order valence-corrected chi connectivity index (χ4v) is 5.16. The molecule has 0 atom stereocenters. The fraction of sp³-hybridized carbons (Fsp3) is 0.324. The molecule has 0 unspecified atom stereocenters. The molecule has 1 saturated heterocycles. The summed E-state index contributed by atoms with van der Waals surface area (Å²) in [5, 5.41) is 3.40. The normalized spacial score (nSPS) is 12.2. The number of piperazine rings is 1. The lowest BCUT2D eigenvalue weighted by atomic mass is 9.98. The summed E-state index contributed by atoms with van der Waals surface area (Å²) in [7, 11) is 3.30. The van der Waals surface area contributed by atoms with Gasteiger partial charge < -0.3 is 24.6 Å². The van der Waals surface area contributed by atoms with Crippen molar-refractivity contribution in [3.8, 4) is 22.6 Å². The van der Waals surface area contributed by atoms with Crippen LogP contribution in [-0.2, 0) is 6.54 Å². The third kappa shape index (κ3) is 8.17. The molecule has 43 heavy (non-hydrogen) atoms. The Bertz CT molecular complexity index is 1390. The zero-order valence-electron chi connectivity index (χ0n) is 26.8. The first kappa shape index (κ1) is 33.2. The molecule has 1 aliphatic rings. The van der Waals surface area contributed by atoms with Crippen molar-refractivity contribution in [1.29, 1.82) is 0 Å². The van der Waals surface area contributed by atoms with E-state index in [0.717, 1.165) is 59.8 Å². The lowest BCUT2D eigenvalue weighted by Crippen LogP contribution is -2.43. The van der Waals surface area contributed by atoms with Gasteiger partial charge in [-0.2, -0.15) is 0 Å². The zero-order chi connectivity index (χ0) is 31.2. The van der Waals surface area contributed by atoms with Crippen LogP contribution >= 0.6 is 0 Å². The standard InChI is InChI=1S/C33H35N3O3.2C2H6/c1-24-21-31(38-2)30(32(22-24)39-3)23-36(27-15-13-26(14-16-27)35-19-17-34-18-20-35)33(37)29-12-8-7-11-28(29)25-9-5-4-6-10-25;2*1-2/h4-16,21-22,34H,17-20,23H2,1-3H3;2*1-2H3. The number of benzene rings is 4. The van der Waals surface area contributed by atoms with Crippen LogP contribution in [0.15, 0.2) is 91.0 Å². The third-order valence-corrected chi connectivity index (χ3v) is 7.20. The SMILES string of the molecule is CC.CC.COc1cc(C)cc(OC)c1CN(C(=O)c1ccccc1-c1ccccc1)c1ccc(N2CCNCC2)cc1. The number of aryl methyl sites for hydroxylation is 1. The predicted octanol–water partition coefficient (Wildman–Crippen LogP) is 7.99. The van der Waals surface area contributed by atoms with Crippen LogP contribution in [-0.4, -0.2) is 46.3 Å². The molecule has 4 aromatic rings. The molecule has 6 nitrogen and oxygen atoms in total. The minimum Gasteiger partial charge on any atom is -0.496 e. The van der Waals surface area contributed by atoms with Gasteiger partial charge in [-0.15, -0.1) is 0 Å². The molecular formula is C37H47N3O3. The minimum absolute atomic E-state index is 0.0888. The first-order chi connectivity index (χ1) is 21.1. The first-order valence-corrected chi connectivity index (χ1v) is 15.3. The van der Waals surface area contributed by atoms with Gasteiger partial charge in [-0.1, -0.05) is 76.2 Å². The number of rotatable bonds is 8. The Morgan fingerprint density at radius 3 is 1.93 bits per heavy atom. The van der Waals surface area contributed by atoms with Crippen molar-refractivity contribution in [1.82, 2.24) is 5.32 Å². The van der Waals surface area contributed by atoms with Gasteiger partial charge >= 0.3 is 0 Å². The number of methoxy groups -OCH3 is 2. The number of hydrogen-bond donors (Lipinski definition) is 1. The van der Waals surface area contributed by atoms with Gasteiger partial charge in [0.2, 0.25) is 0 Å². The van der Waals surface area contributed by atoms with Gasteiger partial charge in [0.15, 0.2) is 0 Å². The molecule has 0 saturated carbocycles. The van der Waals surface area contributed by atoms with Crippen LogP contribution in [0.25, 0.3) is 11.1 Å². The lowest BCUT2D eigenvalue weighted by molar-refractivity contribution is 0.0985. The summed E-state index contributed by atoms with van der Waals surface area (Å²) in [5.74, 6) is 1.30. The number of hydrogen-bond acceptors (Lipinski definition) is 5. The number of nitrogens with one attached hydrogen (secondary N) is 1. The Labute approximate surface area is 258 Å². The summed E-state index contributed by atoms with van der Waals surface area (Å²) in [4.78, 5) is 18.6. The average molecular weight is 582 g/mol. The van der Waals surface area contributed by atoms with Crippen molar-refractivity contribution in [2.45, 2.75) is 41.2 Å². The van der Waals surface area contributed by atoms with Crippen LogP contribution in [0.5, 0.6) is 11.5 Å². The molecule has 4 aromatic carbocycles. The van der Waals surface area contributed by atoms with E-state index in [1.165, 1.54) is 0 Å². The van der Waals surface area contributed by atoms with Crippen molar-refractivity contribution in [3.63, 3.8) is 0 Å². The van der Waals surface area contributed by atoms with Crippen LogP contribution in [0.3, 0.4) is 0 Å². The highest BCUT2D eigenvalue weighted by Crippen LogP contribution is 2.35. The van der Waals surface area contributed by atoms with Crippen LogP contribution in [0.2, 0.25) is 0 Å². The Morgan fingerprint density at radius 1 is 0.791 bits per heavy atom. The molecule has 1 amide bonds. The Morgan fingerprint density at radius 2 is 1.35 bits per heavy atom. The van der Waals surface area contributed by atoms with Crippen molar-refractivity contribution in [2.24, 2.45) is 0 Å². The van der Waals surface area contributed by atoms with E-state index in [9.17, 15) is 4.79 Å². The molecule has 0 bridgehead atoms. The molecule has 6 heteroatoms. The Balaban J connectivity index is 0.00000121. The molecule has 1 fully saturated rings. The van der Waals surface area contributed by atoms with Crippen molar-refractivity contribution < 1.29 is 14.3 Å². The number of carbonyl (C=O) groups is 1. The smallest absolute Gasteiger partial charge is 0.259 e. The quantitative estimate of drug-likeness (QED) is 0.229. The molecule has 1 aliphatic heterocycles. The van der Waals surface area contributed by atoms with E-state index in [1.54, 1.807) is 14.2 Å². The highest BCUT2D eigenvalue weighted by Gasteiger charge is 2.25. The Kier molecular flexibility index (Phi) is 13.1. The topological polar surface area (TPSA) is 54.0 Å². The number of ether oxygens (including phenoxy) is 2. The molecule has 1 heterocycles. The molecular weight excluding hydrogens is 534 g/mol. The second-order valence-corrected chi connectivity index (χ2v) is 9.70. The predicted molar refractivity (Wildman–Crippen MR) is 181 cm³/mol. The van der Waals surface area contributed by atoms with Crippen LogP contribution in [0, 0.1) is 6.92 Å². The van der Waals surface area contributed by atoms with E-state index in [0.29, 0.717) is 23.6 Å².